The molecule has 0 unspecified atom stereocenters. The van der Waals surface area contributed by atoms with E-state index in [1.54, 1.807) is 12.1 Å². The zero-order chi connectivity index (χ0) is 15.5. The summed E-state index contributed by atoms with van der Waals surface area (Å²) in [5.74, 6) is -0.477. The normalized spacial score (nSPS) is 13.3. The van der Waals surface area contributed by atoms with Gasteiger partial charge in [-0.25, -0.2) is 4.79 Å². The molecular weight excluding hydrogens is 298 g/mol. The molecule has 1 aromatic heterocycles. The highest BCUT2D eigenvalue weighted by atomic mass is 32.1. The summed E-state index contributed by atoms with van der Waals surface area (Å²) in [6.45, 7) is 0. The van der Waals surface area contributed by atoms with E-state index in [9.17, 15) is 9.59 Å². The summed E-state index contributed by atoms with van der Waals surface area (Å²) in [7, 11) is 0. The van der Waals surface area contributed by atoms with Crippen molar-refractivity contribution in [1.29, 1.82) is 0 Å². The minimum absolute atomic E-state index is 0.368. The lowest BCUT2D eigenvalue weighted by Gasteiger charge is -2.11. The quantitative estimate of drug-likeness (QED) is 0.811. The van der Waals surface area contributed by atoms with Crippen LogP contribution in [0.3, 0.4) is 0 Å². The summed E-state index contributed by atoms with van der Waals surface area (Å²) >= 11 is 1.46. The van der Waals surface area contributed by atoms with Crippen LogP contribution in [-0.4, -0.2) is 11.9 Å². The van der Waals surface area contributed by atoms with Crippen molar-refractivity contribution in [3.63, 3.8) is 0 Å². The third-order valence-electron chi connectivity index (χ3n) is 3.68. The predicted octanol–water partition coefficient (Wildman–Crippen LogP) is 3.37. The summed E-state index contributed by atoms with van der Waals surface area (Å²) < 4.78 is 0. The zero-order valence-corrected chi connectivity index (χ0v) is 12.8. The number of fused-ring (bicyclic) bond motifs is 1. The number of carbonyl (C=O) groups is 2. The van der Waals surface area contributed by atoms with Crippen LogP contribution in [-0.2, 0) is 12.8 Å². The monoisotopic (exact) mass is 315 g/mol. The molecule has 4 N–H and O–H groups in total. The largest absolute Gasteiger partial charge is 0.365 e. The Morgan fingerprint density at radius 3 is 2.50 bits per heavy atom. The summed E-state index contributed by atoms with van der Waals surface area (Å²) in [6, 6.07) is 8.79. The van der Waals surface area contributed by atoms with Crippen LogP contribution in [0.1, 0.15) is 33.6 Å². The number of anilines is 2. The third kappa shape index (κ3) is 2.96. The number of carbonyl (C=O) groups excluding carboxylic acids is 2. The molecule has 0 atom stereocenters. The van der Waals surface area contributed by atoms with Crippen molar-refractivity contribution in [2.24, 2.45) is 5.73 Å². The van der Waals surface area contributed by atoms with E-state index in [1.165, 1.54) is 11.3 Å². The molecule has 1 aliphatic rings. The Labute approximate surface area is 132 Å². The SMILES string of the molecule is NC(=O)c1c(NC(=O)Nc2ccccc2)sc2c1CCCC2. The van der Waals surface area contributed by atoms with Gasteiger partial charge < -0.3 is 11.1 Å². The van der Waals surface area contributed by atoms with Gasteiger partial charge in [0, 0.05) is 10.6 Å². The van der Waals surface area contributed by atoms with Gasteiger partial charge in [-0.15, -0.1) is 11.3 Å². The molecule has 0 aliphatic heterocycles. The number of hydrogen-bond acceptors (Lipinski definition) is 3. The van der Waals surface area contributed by atoms with Crippen LogP contribution in [0.5, 0.6) is 0 Å². The van der Waals surface area contributed by atoms with Crippen LogP contribution in [0.4, 0.5) is 15.5 Å². The lowest BCUT2D eigenvalue weighted by molar-refractivity contribution is 0.100. The van der Waals surface area contributed by atoms with Crippen molar-refractivity contribution in [1.82, 2.24) is 0 Å². The first-order valence-electron chi connectivity index (χ1n) is 7.22. The minimum atomic E-state index is -0.477. The number of hydrogen-bond donors (Lipinski definition) is 3. The van der Waals surface area contributed by atoms with Crippen LogP contribution >= 0.6 is 11.3 Å². The van der Waals surface area contributed by atoms with Crippen LogP contribution < -0.4 is 16.4 Å². The second kappa shape index (κ2) is 6.19. The van der Waals surface area contributed by atoms with Gasteiger partial charge in [-0.1, -0.05) is 18.2 Å². The number of primary amides is 1. The molecule has 1 aromatic carbocycles. The standard InChI is InChI=1S/C16H17N3O2S/c17-14(20)13-11-8-4-5-9-12(11)22-15(13)19-16(21)18-10-6-2-1-3-7-10/h1-3,6-7H,4-5,8-9H2,(H2,17,20)(H2,18,19,21). The smallest absolute Gasteiger partial charge is 0.324 e. The topological polar surface area (TPSA) is 84.2 Å². The lowest BCUT2D eigenvalue weighted by atomic mass is 9.95. The molecule has 0 saturated carbocycles. The first-order chi connectivity index (χ1) is 10.6. The van der Waals surface area contributed by atoms with E-state index in [-0.39, 0.29) is 6.03 Å². The van der Waals surface area contributed by atoms with Crippen LogP contribution in [0, 0.1) is 0 Å². The van der Waals surface area contributed by atoms with E-state index >= 15 is 0 Å². The molecule has 0 saturated heterocycles. The molecular formula is C16H17N3O2S. The Bertz CT molecular complexity index is 710. The molecule has 1 heterocycles. The first-order valence-corrected chi connectivity index (χ1v) is 8.04. The highest BCUT2D eigenvalue weighted by Gasteiger charge is 2.24. The van der Waals surface area contributed by atoms with E-state index in [0.717, 1.165) is 36.1 Å². The number of nitrogens with two attached hydrogens (primary N) is 1. The van der Waals surface area contributed by atoms with Crippen molar-refractivity contribution in [2.75, 3.05) is 10.6 Å². The fourth-order valence-electron chi connectivity index (χ4n) is 2.70. The molecule has 0 fully saturated rings. The maximum atomic E-state index is 12.1. The number of aryl methyl sites for hydroxylation is 1. The van der Waals surface area contributed by atoms with Gasteiger partial charge in [0.25, 0.3) is 5.91 Å². The van der Waals surface area contributed by atoms with Crippen molar-refractivity contribution in [3.8, 4) is 0 Å². The van der Waals surface area contributed by atoms with E-state index in [4.69, 9.17) is 5.73 Å². The molecule has 114 valence electrons. The van der Waals surface area contributed by atoms with E-state index < -0.39 is 5.91 Å². The Kier molecular flexibility index (Phi) is 4.11. The van der Waals surface area contributed by atoms with E-state index in [2.05, 4.69) is 10.6 Å². The second-order valence-corrected chi connectivity index (χ2v) is 6.33. The van der Waals surface area contributed by atoms with Gasteiger partial charge in [0.15, 0.2) is 0 Å². The Morgan fingerprint density at radius 1 is 1.05 bits per heavy atom. The average Bonchev–Trinajstić information content (AvgIpc) is 2.85. The maximum Gasteiger partial charge on any atom is 0.324 e. The summed E-state index contributed by atoms with van der Waals surface area (Å²) in [6.07, 6.45) is 3.97. The number of rotatable bonds is 3. The van der Waals surface area contributed by atoms with Gasteiger partial charge in [0.2, 0.25) is 0 Å². The molecule has 0 radical (unpaired) electrons. The van der Waals surface area contributed by atoms with Crippen molar-refractivity contribution < 1.29 is 9.59 Å². The number of benzene rings is 1. The Morgan fingerprint density at radius 2 is 1.77 bits per heavy atom. The summed E-state index contributed by atoms with van der Waals surface area (Å²) in [5, 5.41) is 6.06. The Balaban J connectivity index is 1.81. The molecule has 1 aliphatic carbocycles. The number of urea groups is 1. The van der Waals surface area contributed by atoms with Crippen molar-refractivity contribution >= 4 is 34.0 Å². The molecule has 6 heteroatoms. The van der Waals surface area contributed by atoms with Crippen molar-refractivity contribution in [3.05, 3.63) is 46.3 Å². The number of nitrogens with one attached hydrogen (secondary N) is 2. The van der Waals surface area contributed by atoms with Gasteiger partial charge in [0.05, 0.1) is 5.56 Å². The average molecular weight is 315 g/mol. The minimum Gasteiger partial charge on any atom is -0.365 e. The molecule has 22 heavy (non-hydrogen) atoms. The number of para-hydroxylation sites is 1. The molecule has 0 bridgehead atoms. The van der Waals surface area contributed by atoms with Gasteiger partial charge in [0.1, 0.15) is 5.00 Å². The van der Waals surface area contributed by atoms with E-state index in [0.29, 0.717) is 16.3 Å². The van der Waals surface area contributed by atoms with Gasteiger partial charge in [-0.2, -0.15) is 0 Å². The van der Waals surface area contributed by atoms with Gasteiger partial charge >= 0.3 is 6.03 Å². The molecule has 3 amide bonds. The highest BCUT2D eigenvalue weighted by Crippen LogP contribution is 2.37. The molecule has 3 rings (SSSR count). The lowest BCUT2D eigenvalue weighted by Crippen LogP contribution is -2.22. The summed E-state index contributed by atoms with van der Waals surface area (Å²) in [5.41, 5.74) is 7.69. The van der Waals surface area contributed by atoms with Gasteiger partial charge in [-0.05, 0) is 43.4 Å². The second-order valence-electron chi connectivity index (χ2n) is 5.22. The molecule has 5 nitrogen and oxygen atoms in total. The van der Waals surface area contributed by atoms with Gasteiger partial charge in [-0.3, -0.25) is 10.1 Å². The molecule has 0 spiro atoms. The van der Waals surface area contributed by atoms with Crippen LogP contribution in [0.25, 0.3) is 0 Å². The molecule has 2 aromatic rings. The van der Waals surface area contributed by atoms with E-state index in [1.807, 2.05) is 18.2 Å². The fourth-order valence-corrected chi connectivity index (χ4v) is 3.99. The summed E-state index contributed by atoms with van der Waals surface area (Å²) in [4.78, 5) is 25.0. The maximum absolute atomic E-state index is 12.1. The number of thiophene rings is 1. The van der Waals surface area contributed by atoms with Crippen molar-refractivity contribution in [2.45, 2.75) is 25.7 Å². The number of amides is 3. The fraction of sp³-hybridized carbons (Fsp3) is 0.250. The third-order valence-corrected chi connectivity index (χ3v) is 4.88. The van der Waals surface area contributed by atoms with Crippen LogP contribution in [0.2, 0.25) is 0 Å². The predicted molar refractivity (Wildman–Crippen MR) is 88.6 cm³/mol. The van der Waals surface area contributed by atoms with Crippen LogP contribution in [0.15, 0.2) is 30.3 Å². The Hall–Kier alpha value is -2.34. The first kappa shape index (κ1) is 14.6. The highest BCUT2D eigenvalue weighted by molar-refractivity contribution is 7.17. The zero-order valence-electron chi connectivity index (χ0n) is 12.0.